The topological polar surface area (TPSA) is 0 Å². The van der Waals surface area contributed by atoms with Crippen molar-refractivity contribution in [3.05, 3.63) is 193 Å². The Labute approximate surface area is 326 Å². The van der Waals surface area contributed by atoms with Gasteiger partial charge < -0.3 is 0 Å². The predicted octanol–water partition coefficient (Wildman–Crippen LogP) is 14.9. The molecule has 0 aliphatic carbocycles. The fourth-order valence-electron chi connectivity index (χ4n) is 9.40. The molecule has 0 nitrogen and oxygen atoms in total. The molecule has 55 heavy (non-hydrogen) atoms. The van der Waals surface area contributed by atoms with E-state index in [4.69, 9.17) is 0 Å². The number of fused-ring (bicyclic) bond motifs is 7. The maximum atomic E-state index is 2.49. The molecular weight excluding hydrogens is 728 g/mol. The van der Waals surface area contributed by atoms with Crippen LogP contribution in [-0.4, -0.2) is 14.5 Å². The van der Waals surface area contributed by atoms with Crippen LogP contribution in [0.15, 0.2) is 182 Å². The molecule has 0 aliphatic rings. The third kappa shape index (κ3) is 4.91. The molecule has 1 aromatic heterocycles. The van der Waals surface area contributed by atoms with Gasteiger partial charge in [-0.1, -0.05) is 0 Å². The molecule has 11 aromatic rings. The minimum absolute atomic E-state index is 0.163. The van der Waals surface area contributed by atoms with E-state index in [0.717, 1.165) is 0 Å². The second kappa shape index (κ2) is 12.7. The normalized spacial score (nSPS) is 11.8. The van der Waals surface area contributed by atoms with Gasteiger partial charge in [0, 0.05) is 0 Å². The van der Waals surface area contributed by atoms with Gasteiger partial charge >= 0.3 is 328 Å². The van der Waals surface area contributed by atoms with Gasteiger partial charge in [0.25, 0.3) is 0 Å². The summed E-state index contributed by atoms with van der Waals surface area (Å²) in [7, 11) is 0. The average molecular weight is 764 g/mol. The Hall–Kier alpha value is -6.24. The van der Waals surface area contributed by atoms with Crippen molar-refractivity contribution in [3.8, 4) is 44.5 Å². The molecule has 10 aromatic carbocycles. The van der Waals surface area contributed by atoms with Crippen molar-refractivity contribution < 1.29 is 0 Å². The van der Waals surface area contributed by atoms with Gasteiger partial charge in [-0.2, -0.15) is 0 Å². The molecule has 0 bridgehead atoms. The van der Waals surface area contributed by atoms with E-state index in [-0.39, 0.29) is 14.5 Å². The Bertz CT molecular complexity index is 3190. The van der Waals surface area contributed by atoms with Crippen LogP contribution in [0, 0.1) is 13.8 Å². The first-order valence-corrected chi connectivity index (χ1v) is 20.8. The molecule has 1 heterocycles. The fraction of sp³-hybridized carbons (Fsp3) is 0.0370. The summed E-state index contributed by atoms with van der Waals surface area (Å²) < 4.78 is 2.93. The monoisotopic (exact) mass is 764 g/mol. The summed E-state index contributed by atoms with van der Waals surface area (Å²) in [6.45, 7) is 4.49. The Balaban J connectivity index is 1.18. The molecule has 258 valence electrons. The van der Waals surface area contributed by atoms with Gasteiger partial charge in [-0.25, -0.2) is 0 Å². The van der Waals surface area contributed by atoms with Crippen molar-refractivity contribution in [2.24, 2.45) is 0 Å². The molecule has 0 radical (unpaired) electrons. The van der Waals surface area contributed by atoms with E-state index in [1.54, 1.807) is 0 Å². The van der Waals surface area contributed by atoms with Gasteiger partial charge in [-0.05, 0) is 0 Å². The van der Waals surface area contributed by atoms with Crippen LogP contribution < -0.4 is 0 Å². The van der Waals surface area contributed by atoms with E-state index >= 15 is 0 Å². The molecule has 0 aliphatic heterocycles. The van der Waals surface area contributed by atoms with Gasteiger partial charge in [0.05, 0.1) is 0 Å². The zero-order chi connectivity index (χ0) is 36.6. The van der Waals surface area contributed by atoms with E-state index < -0.39 is 0 Å². The van der Waals surface area contributed by atoms with E-state index in [0.29, 0.717) is 0 Å². The SMILES string of the molecule is Cc1cccc(C)c1-c1c2ccccc2c(-c2ccc3[se]c4c(-c5c6ccccc6c(-c6ccccc6)c6ccccc56)cccc4c3c2)c2ccccc12. The first-order valence-electron chi connectivity index (χ1n) is 19.1. The average Bonchev–Trinajstić information content (AvgIpc) is 3.61. The van der Waals surface area contributed by atoms with Gasteiger partial charge in [0.15, 0.2) is 0 Å². The number of aryl methyl sites for hydroxylation is 2. The van der Waals surface area contributed by atoms with Gasteiger partial charge in [-0.15, -0.1) is 0 Å². The Morgan fingerprint density at radius 3 is 1.27 bits per heavy atom. The predicted molar refractivity (Wildman–Crippen MR) is 240 cm³/mol. The van der Waals surface area contributed by atoms with Crippen LogP contribution in [0.4, 0.5) is 0 Å². The zero-order valence-electron chi connectivity index (χ0n) is 30.7. The molecule has 0 N–H and O–H groups in total. The van der Waals surface area contributed by atoms with Crippen LogP contribution in [0.3, 0.4) is 0 Å². The van der Waals surface area contributed by atoms with E-state index in [1.165, 1.54) is 118 Å². The van der Waals surface area contributed by atoms with Gasteiger partial charge in [-0.3, -0.25) is 0 Å². The first-order chi connectivity index (χ1) is 27.2. The van der Waals surface area contributed by atoms with Crippen molar-refractivity contribution in [3.63, 3.8) is 0 Å². The molecular formula is C54H36Se. The Morgan fingerprint density at radius 1 is 0.291 bits per heavy atom. The molecule has 0 saturated heterocycles. The number of hydrogen-bond acceptors (Lipinski definition) is 0. The summed E-state index contributed by atoms with van der Waals surface area (Å²) in [5.41, 5.74) is 13.2. The molecule has 11 rings (SSSR count). The second-order valence-corrected chi connectivity index (χ2v) is 17.0. The van der Waals surface area contributed by atoms with Crippen LogP contribution in [0.5, 0.6) is 0 Å². The standard InChI is InChI=1S/C54H36Se/c1-33-16-14-17-34(2)49(33)53-43-26-12-8-22-39(43)51(40-23-9-13-27-44(40)53)36-30-31-48-47(32-36)45-28-15-29-46(54(45)55-48)52-41-24-10-6-20-37(41)50(35-18-4-3-5-19-35)38-21-7-11-25-42(38)52/h3-32H,1-2H3. The number of hydrogen-bond donors (Lipinski definition) is 0. The van der Waals surface area contributed by atoms with Gasteiger partial charge in [0.1, 0.15) is 0 Å². The second-order valence-electron chi connectivity index (χ2n) is 14.8. The van der Waals surface area contributed by atoms with E-state index in [2.05, 4.69) is 196 Å². The third-order valence-electron chi connectivity index (χ3n) is 11.7. The molecule has 0 unspecified atom stereocenters. The van der Waals surface area contributed by atoms with Crippen LogP contribution in [0.1, 0.15) is 11.1 Å². The van der Waals surface area contributed by atoms with Crippen molar-refractivity contribution in [1.82, 2.24) is 0 Å². The molecule has 0 amide bonds. The molecule has 1 heteroatoms. The first kappa shape index (κ1) is 32.2. The maximum absolute atomic E-state index is 2.49. The molecule has 0 atom stereocenters. The molecule has 0 fully saturated rings. The van der Waals surface area contributed by atoms with Crippen molar-refractivity contribution in [1.29, 1.82) is 0 Å². The van der Waals surface area contributed by atoms with Crippen LogP contribution in [0.2, 0.25) is 0 Å². The fourth-order valence-corrected chi connectivity index (χ4v) is 11.9. The third-order valence-corrected chi connectivity index (χ3v) is 14.3. The summed E-state index contributed by atoms with van der Waals surface area (Å²) in [6, 6.07) is 68.0. The number of rotatable bonds is 4. The Morgan fingerprint density at radius 2 is 0.727 bits per heavy atom. The zero-order valence-corrected chi connectivity index (χ0v) is 32.4. The van der Waals surface area contributed by atoms with E-state index in [9.17, 15) is 0 Å². The van der Waals surface area contributed by atoms with E-state index in [1.807, 2.05) is 0 Å². The summed E-state index contributed by atoms with van der Waals surface area (Å²) in [5, 5.41) is 13.2. The summed E-state index contributed by atoms with van der Waals surface area (Å²) >= 11 is 0.163. The summed E-state index contributed by atoms with van der Waals surface area (Å²) in [5.74, 6) is 0. The van der Waals surface area contributed by atoms with Crippen molar-refractivity contribution in [2.75, 3.05) is 0 Å². The molecule has 0 spiro atoms. The Kier molecular flexibility index (Phi) is 7.42. The van der Waals surface area contributed by atoms with Crippen LogP contribution >= 0.6 is 0 Å². The summed E-state index contributed by atoms with van der Waals surface area (Å²) in [4.78, 5) is 0. The van der Waals surface area contributed by atoms with Crippen molar-refractivity contribution >= 4 is 76.9 Å². The van der Waals surface area contributed by atoms with Crippen LogP contribution in [-0.2, 0) is 0 Å². The van der Waals surface area contributed by atoms with Crippen LogP contribution in [0.25, 0.3) is 107 Å². The quantitative estimate of drug-likeness (QED) is 0.124. The number of benzene rings is 10. The summed E-state index contributed by atoms with van der Waals surface area (Å²) in [6.07, 6.45) is 0. The molecule has 0 saturated carbocycles. The van der Waals surface area contributed by atoms with Crippen molar-refractivity contribution in [2.45, 2.75) is 13.8 Å². The minimum atomic E-state index is 0.163. The van der Waals surface area contributed by atoms with Gasteiger partial charge in [0.2, 0.25) is 0 Å².